The zero-order chi connectivity index (χ0) is 17.5. The maximum Gasteiger partial charge on any atom is 0.266 e. The van der Waals surface area contributed by atoms with Gasteiger partial charge in [-0.05, 0) is 24.5 Å². The minimum Gasteiger partial charge on any atom is -0.550 e. The number of hydrogen-bond acceptors (Lipinski definition) is 6. The van der Waals surface area contributed by atoms with Crippen LogP contribution in [-0.4, -0.2) is 40.1 Å². The number of carboxylic acids is 1. The maximum atomic E-state index is 12.4. The summed E-state index contributed by atoms with van der Waals surface area (Å²) in [5, 5.41) is 12.9. The third-order valence-electron chi connectivity index (χ3n) is 3.15. The van der Waals surface area contributed by atoms with Gasteiger partial charge in [-0.1, -0.05) is 54.3 Å². The lowest BCUT2D eigenvalue weighted by Crippen LogP contribution is -2.40. The number of nitrogens with zero attached hydrogens (tertiary/aromatic N) is 1. The molecule has 1 aromatic rings. The highest BCUT2D eigenvalue weighted by molar-refractivity contribution is 8.26. The molecule has 1 aliphatic heterocycles. The topological polar surface area (TPSA) is 89.5 Å². The van der Waals surface area contributed by atoms with Gasteiger partial charge in [-0.25, -0.2) is 0 Å². The number of benzene rings is 1. The van der Waals surface area contributed by atoms with Crippen LogP contribution in [0.25, 0.3) is 6.08 Å². The van der Waals surface area contributed by atoms with Crippen LogP contribution in [0.2, 0.25) is 0 Å². The molecule has 0 saturated carbocycles. The molecule has 24 heavy (non-hydrogen) atoms. The Labute approximate surface area is 148 Å². The van der Waals surface area contributed by atoms with E-state index in [0.717, 1.165) is 17.3 Å². The number of carboxylic acid groups (broad SMARTS) is 1. The Balaban J connectivity index is 1.91. The Morgan fingerprint density at radius 3 is 2.67 bits per heavy atom. The molecule has 0 atom stereocenters. The molecule has 1 aromatic carbocycles. The highest BCUT2D eigenvalue weighted by Crippen LogP contribution is 2.32. The van der Waals surface area contributed by atoms with Gasteiger partial charge in [-0.3, -0.25) is 14.5 Å². The molecule has 0 aromatic heterocycles. The van der Waals surface area contributed by atoms with Crippen LogP contribution in [0.1, 0.15) is 18.4 Å². The van der Waals surface area contributed by atoms with Gasteiger partial charge in [0.15, 0.2) is 0 Å². The molecule has 1 N–H and O–H groups in total. The van der Waals surface area contributed by atoms with Crippen molar-refractivity contribution in [3.63, 3.8) is 0 Å². The van der Waals surface area contributed by atoms with E-state index in [4.69, 9.17) is 12.2 Å². The van der Waals surface area contributed by atoms with Crippen LogP contribution in [0.15, 0.2) is 35.2 Å². The summed E-state index contributed by atoms with van der Waals surface area (Å²) >= 11 is 6.31. The molecular weight excluding hydrogens is 348 g/mol. The Bertz CT molecular complexity index is 689. The van der Waals surface area contributed by atoms with Crippen LogP contribution in [-0.2, 0) is 14.4 Å². The molecule has 0 bridgehead atoms. The number of aliphatic carboxylic acids is 1. The minimum atomic E-state index is -1.16. The zero-order valence-corrected chi connectivity index (χ0v) is 14.3. The summed E-state index contributed by atoms with van der Waals surface area (Å²) in [6, 6.07) is 9.36. The molecule has 126 valence electrons. The van der Waals surface area contributed by atoms with Crippen LogP contribution in [0.3, 0.4) is 0 Å². The molecule has 1 saturated heterocycles. The molecule has 1 heterocycles. The quantitative estimate of drug-likeness (QED) is 0.432. The van der Waals surface area contributed by atoms with Gasteiger partial charge in [0.25, 0.3) is 5.91 Å². The van der Waals surface area contributed by atoms with Crippen molar-refractivity contribution in [2.45, 2.75) is 12.8 Å². The van der Waals surface area contributed by atoms with E-state index in [0.29, 0.717) is 9.23 Å². The highest BCUT2D eigenvalue weighted by atomic mass is 32.2. The number of thioether (sulfide) groups is 1. The number of hydrogen-bond donors (Lipinski definition) is 1. The van der Waals surface area contributed by atoms with Gasteiger partial charge in [0, 0.05) is 12.5 Å². The molecule has 1 fully saturated rings. The monoisotopic (exact) mass is 363 g/mol. The van der Waals surface area contributed by atoms with E-state index in [1.807, 2.05) is 30.3 Å². The van der Waals surface area contributed by atoms with Crippen LogP contribution in [0.5, 0.6) is 0 Å². The summed E-state index contributed by atoms with van der Waals surface area (Å²) < 4.78 is 0.326. The summed E-state index contributed by atoms with van der Waals surface area (Å²) in [5.41, 5.74) is 0.879. The third-order valence-corrected chi connectivity index (χ3v) is 4.53. The van der Waals surface area contributed by atoms with Crippen molar-refractivity contribution in [3.8, 4) is 0 Å². The molecule has 6 nitrogen and oxygen atoms in total. The summed E-state index contributed by atoms with van der Waals surface area (Å²) in [7, 11) is 0. The number of rotatable bonds is 7. The first-order chi connectivity index (χ1) is 11.5. The van der Waals surface area contributed by atoms with E-state index < -0.39 is 5.97 Å². The first kappa shape index (κ1) is 18.2. The normalized spacial score (nSPS) is 15.8. The Kier molecular flexibility index (Phi) is 6.51. The first-order valence-electron chi connectivity index (χ1n) is 7.24. The van der Waals surface area contributed by atoms with Crippen molar-refractivity contribution in [1.82, 2.24) is 10.2 Å². The van der Waals surface area contributed by atoms with Crippen molar-refractivity contribution >= 4 is 52.2 Å². The van der Waals surface area contributed by atoms with E-state index >= 15 is 0 Å². The standard InChI is InChI=1S/C16H16N2O4S2/c19-13(17-8-4-7-14(20)21)10-18-15(22)12(24-16(18)23)9-11-5-2-1-3-6-11/h1-3,5-6,9H,4,7-8,10H2,(H,17,19)(H,20,21)/p-1/b12-9-. The van der Waals surface area contributed by atoms with E-state index in [-0.39, 0.29) is 37.7 Å². The van der Waals surface area contributed by atoms with E-state index in [9.17, 15) is 19.5 Å². The van der Waals surface area contributed by atoms with E-state index in [1.165, 1.54) is 4.90 Å². The number of thiocarbonyl (C=S) groups is 1. The molecule has 8 heteroatoms. The van der Waals surface area contributed by atoms with Crippen molar-refractivity contribution in [2.24, 2.45) is 0 Å². The van der Waals surface area contributed by atoms with Gasteiger partial charge in [0.05, 0.1) is 4.91 Å². The molecule has 1 aliphatic rings. The number of carbonyl (C=O) groups is 3. The predicted molar refractivity (Wildman–Crippen MR) is 93.6 cm³/mol. The van der Waals surface area contributed by atoms with Crippen molar-refractivity contribution in [3.05, 3.63) is 40.8 Å². The second-order valence-corrected chi connectivity index (χ2v) is 6.68. The third kappa shape index (κ3) is 5.17. The number of nitrogens with one attached hydrogen (secondary N) is 1. The molecule has 2 amide bonds. The van der Waals surface area contributed by atoms with Gasteiger partial charge >= 0.3 is 0 Å². The van der Waals surface area contributed by atoms with Crippen molar-refractivity contribution in [1.29, 1.82) is 0 Å². The zero-order valence-electron chi connectivity index (χ0n) is 12.7. The molecular formula is C16H15N2O4S2-. The van der Waals surface area contributed by atoms with Gasteiger partial charge in [-0.2, -0.15) is 0 Å². The fourth-order valence-electron chi connectivity index (χ4n) is 2.00. The van der Waals surface area contributed by atoms with Crippen LogP contribution in [0.4, 0.5) is 0 Å². The number of carbonyl (C=O) groups excluding carboxylic acids is 3. The average molecular weight is 363 g/mol. The average Bonchev–Trinajstić information content (AvgIpc) is 2.80. The summed E-state index contributed by atoms with van der Waals surface area (Å²) in [6.07, 6.45) is 1.89. The van der Waals surface area contributed by atoms with Gasteiger partial charge in [0.1, 0.15) is 10.9 Å². The van der Waals surface area contributed by atoms with Crippen molar-refractivity contribution < 1.29 is 19.5 Å². The second kappa shape index (κ2) is 8.60. The summed E-state index contributed by atoms with van der Waals surface area (Å²) in [6.45, 7) is 0.0313. The first-order valence-corrected chi connectivity index (χ1v) is 8.47. The van der Waals surface area contributed by atoms with Gasteiger partial charge in [0.2, 0.25) is 5.91 Å². The molecule has 0 radical (unpaired) electrons. The molecule has 0 unspecified atom stereocenters. The second-order valence-electron chi connectivity index (χ2n) is 5.00. The lowest BCUT2D eigenvalue weighted by molar-refractivity contribution is -0.305. The SMILES string of the molecule is O=C([O-])CCCNC(=O)CN1C(=O)/C(=C/c2ccccc2)SC1=S. The van der Waals surface area contributed by atoms with Crippen LogP contribution < -0.4 is 10.4 Å². The molecule has 0 spiro atoms. The van der Waals surface area contributed by atoms with Crippen LogP contribution in [0, 0.1) is 0 Å². The maximum absolute atomic E-state index is 12.4. The smallest absolute Gasteiger partial charge is 0.266 e. The van der Waals surface area contributed by atoms with Gasteiger partial charge < -0.3 is 15.2 Å². The fraction of sp³-hybridized carbons (Fsp3) is 0.250. The van der Waals surface area contributed by atoms with E-state index in [1.54, 1.807) is 6.08 Å². The highest BCUT2D eigenvalue weighted by Gasteiger charge is 2.33. The van der Waals surface area contributed by atoms with Crippen LogP contribution >= 0.6 is 24.0 Å². The Morgan fingerprint density at radius 2 is 2.00 bits per heavy atom. The summed E-state index contributed by atoms with van der Waals surface area (Å²) in [4.78, 5) is 36.2. The minimum absolute atomic E-state index is 0.124. The lowest BCUT2D eigenvalue weighted by atomic mass is 10.2. The molecule has 2 rings (SSSR count). The van der Waals surface area contributed by atoms with Crippen molar-refractivity contribution in [2.75, 3.05) is 13.1 Å². The van der Waals surface area contributed by atoms with E-state index in [2.05, 4.69) is 5.32 Å². The predicted octanol–water partition coefficient (Wildman–Crippen LogP) is 0.534. The lowest BCUT2D eigenvalue weighted by Gasteiger charge is -2.14. The Morgan fingerprint density at radius 1 is 1.29 bits per heavy atom. The Hall–Kier alpha value is -2.19. The molecule has 0 aliphatic carbocycles. The summed E-state index contributed by atoms with van der Waals surface area (Å²) in [5.74, 6) is -1.85. The fourth-order valence-corrected chi connectivity index (χ4v) is 3.25. The van der Waals surface area contributed by atoms with Gasteiger partial charge in [-0.15, -0.1) is 0 Å². The largest absolute Gasteiger partial charge is 0.550 e. The number of amides is 2.